The predicted octanol–water partition coefficient (Wildman–Crippen LogP) is -2.00. The molecule has 0 aromatic carbocycles. The summed E-state index contributed by atoms with van der Waals surface area (Å²) in [6.07, 6.45) is 3.96. The molecule has 0 aliphatic heterocycles. The van der Waals surface area contributed by atoms with Crippen molar-refractivity contribution >= 4 is 11.9 Å². The molecule has 0 bridgehead atoms. The minimum absolute atomic E-state index is 0. The van der Waals surface area contributed by atoms with Crippen molar-refractivity contribution in [3.05, 3.63) is 6.42 Å². The van der Waals surface area contributed by atoms with Crippen molar-refractivity contribution in [2.75, 3.05) is 0 Å². The molecular weight excluding hydrogens is 230 g/mol. The van der Waals surface area contributed by atoms with E-state index in [1.165, 1.54) is 0 Å². The maximum Gasteiger partial charge on any atom is 1.00 e. The molecule has 0 heterocycles. The molecule has 1 aliphatic rings. The smallest absolute Gasteiger partial charge is 0.320 e. The minimum atomic E-state index is -0.0417. The van der Waals surface area contributed by atoms with Crippen LogP contribution in [0.4, 0.5) is 0 Å². The van der Waals surface area contributed by atoms with E-state index in [1.807, 2.05) is 13.8 Å². The molecule has 62 valence electrons. The molecule has 0 unspecified atom stereocenters. The summed E-state index contributed by atoms with van der Waals surface area (Å²) >= 11 is 0. The Labute approximate surface area is 121 Å². The topological polar surface area (TPSA) is 51.2 Å². The fraction of sp³-hybridized carbons (Fsp3) is 0.625. The Kier molecular flexibility index (Phi) is 9.30. The van der Waals surface area contributed by atoms with Gasteiger partial charge in [0.1, 0.15) is 5.78 Å². The van der Waals surface area contributed by atoms with Crippen molar-refractivity contribution in [2.24, 2.45) is 5.41 Å². The van der Waals surface area contributed by atoms with Crippen LogP contribution in [-0.2, 0) is 14.4 Å². The third-order valence-electron chi connectivity index (χ3n) is 1.74. The van der Waals surface area contributed by atoms with Gasteiger partial charge in [-0.05, 0) is 5.41 Å². The standard InChI is InChI=1S/C7H11O.CO2.Rb/c1-7(2)5-3-4-6(7)8;2-1-3;/h3H,4-5H2,1-2H3;;/q-1;;+1. The van der Waals surface area contributed by atoms with E-state index >= 15 is 0 Å². The average Bonchev–Trinajstić information content (AvgIpc) is 2.14. The van der Waals surface area contributed by atoms with Crippen LogP contribution in [0.2, 0.25) is 0 Å². The van der Waals surface area contributed by atoms with Gasteiger partial charge in [0.2, 0.25) is 0 Å². The first-order chi connectivity index (χ1) is 5.04. The van der Waals surface area contributed by atoms with Crippen LogP contribution < -0.4 is 58.2 Å². The van der Waals surface area contributed by atoms with Gasteiger partial charge >= 0.3 is 64.3 Å². The summed E-state index contributed by atoms with van der Waals surface area (Å²) < 4.78 is 0. The predicted molar refractivity (Wildman–Crippen MR) is 37.3 cm³/mol. The maximum absolute atomic E-state index is 10.9. The van der Waals surface area contributed by atoms with E-state index in [0.717, 1.165) is 6.42 Å². The van der Waals surface area contributed by atoms with Crippen LogP contribution in [0.15, 0.2) is 0 Å². The maximum atomic E-state index is 10.9. The molecule has 0 atom stereocenters. The summed E-state index contributed by atoms with van der Waals surface area (Å²) in [5, 5.41) is 0. The molecule has 1 saturated carbocycles. The van der Waals surface area contributed by atoms with E-state index in [4.69, 9.17) is 9.59 Å². The third kappa shape index (κ3) is 5.49. The molecule has 12 heavy (non-hydrogen) atoms. The number of rotatable bonds is 0. The number of hydrogen-bond donors (Lipinski definition) is 0. The summed E-state index contributed by atoms with van der Waals surface area (Å²) in [6.45, 7) is 4.00. The zero-order valence-electron chi connectivity index (χ0n) is 7.72. The Morgan fingerprint density at radius 1 is 1.42 bits per heavy atom. The molecule has 0 spiro atoms. The van der Waals surface area contributed by atoms with Gasteiger partial charge in [-0.25, -0.2) is 0 Å². The van der Waals surface area contributed by atoms with Gasteiger partial charge in [0.25, 0.3) is 0 Å². The van der Waals surface area contributed by atoms with E-state index in [-0.39, 0.29) is 69.8 Å². The SMILES string of the molecule is CC1(C)C[CH-]CC1=O.O=C=O.[Rb+]. The fourth-order valence-electron chi connectivity index (χ4n) is 0.954. The molecule has 0 saturated heterocycles. The van der Waals surface area contributed by atoms with Gasteiger partial charge in [-0.15, -0.1) is 6.42 Å². The van der Waals surface area contributed by atoms with Crippen molar-refractivity contribution in [1.82, 2.24) is 0 Å². The first-order valence-corrected chi connectivity index (χ1v) is 3.39. The molecule has 0 N–H and O–H groups in total. The van der Waals surface area contributed by atoms with Gasteiger partial charge in [-0.3, -0.25) is 0 Å². The zero-order valence-corrected chi connectivity index (χ0v) is 12.6. The summed E-state index contributed by atoms with van der Waals surface area (Å²) in [4.78, 5) is 27.1. The second-order valence-corrected chi connectivity index (χ2v) is 3.09. The van der Waals surface area contributed by atoms with Crippen LogP contribution in [0.1, 0.15) is 26.7 Å². The van der Waals surface area contributed by atoms with Gasteiger partial charge < -0.3 is 11.2 Å². The van der Waals surface area contributed by atoms with Crippen molar-refractivity contribution in [2.45, 2.75) is 26.7 Å². The largest absolute Gasteiger partial charge is 1.00 e. The van der Waals surface area contributed by atoms with Crippen molar-refractivity contribution in [1.29, 1.82) is 0 Å². The molecule has 0 aromatic rings. The van der Waals surface area contributed by atoms with E-state index in [2.05, 4.69) is 6.42 Å². The van der Waals surface area contributed by atoms with E-state index in [9.17, 15) is 4.79 Å². The van der Waals surface area contributed by atoms with Gasteiger partial charge in [0.15, 0.2) is 0 Å². The number of carbonyl (C=O) groups excluding carboxylic acids is 3. The number of hydrogen-bond acceptors (Lipinski definition) is 3. The molecule has 4 heteroatoms. The van der Waals surface area contributed by atoms with Crippen molar-refractivity contribution < 1.29 is 72.6 Å². The van der Waals surface area contributed by atoms with E-state index in [0.29, 0.717) is 12.2 Å². The van der Waals surface area contributed by atoms with Crippen LogP contribution in [0.3, 0.4) is 0 Å². The van der Waals surface area contributed by atoms with Crippen LogP contribution in [0.25, 0.3) is 0 Å². The molecule has 0 aromatic heterocycles. The van der Waals surface area contributed by atoms with Gasteiger partial charge in [0.05, 0.1) is 0 Å². The molecule has 0 radical (unpaired) electrons. The first kappa shape index (κ1) is 15.3. The van der Waals surface area contributed by atoms with E-state index < -0.39 is 0 Å². The summed E-state index contributed by atoms with van der Waals surface area (Å²) in [5.74, 6) is 0.387. The Bertz CT molecular complexity index is 181. The third-order valence-corrected chi connectivity index (χ3v) is 1.74. The van der Waals surface area contributed by atoms with Crippen LogP contribution in [0.5, 0.6) is 0 Å². The Morgan fingerprint density at radius 3 is 1.92 bits per heavy atom. The van der Waals surface area contributed by atoms with Gasteiger partial charge in [-0.1, -0.05) is 13.8 Å². The Hall–Kier alpha value is 0.855. The number of Topliss-reactive ketones (excluding diaryl/α,β-unsaturated/α-hetero) is 1. The monoisotopic (exact) mass is 240 g/mol. The average molecular weight is 241 g/mol. The molecule has 1 fully saturated rings. The molecule has 1 rings (SSSR count). The Morgan fingerprint density at radius 2 is 1.83 bits per heavy atom. The van der Waals surface area contributed by atoms with Crippen LogP contribution >= 0.6 is 0 Å². The minimum Gasteiger partial charge on any atom is -0.320 e. The first-order valence-electron chi connectivity index (χ1n) is 3.39. The molecule has 1 aliphatic carbocycles. The van der Waals surface area contributed by atoms with Crippen LogP contribution in [0, 0.1) is 11.8 Å². The molecule has 0 amide bonds. The quantitative estimate of drug-likeness (QED) is 0.461. The van der Waals surface area contributed by atoms with Gasteiger partial charge in [-0.2, -0.15) is 16.0 Å². The van der Waals surface area contributed by atoms with Crippen LogP contribution in [-0.4, -0.2) is 11.9 Å². The second-order valence-electron chi connectivity index (χ2n) is 3.09. The summed E-state index contributed by atoms with van der Waals surface area (Å²) in [6, 6.07) is 0. The normalized spacial score (nSPS) is 18.3. The van der Waals surface area contributed by atoms with E-state index in [1.54, 1.807) is 0 Å². The number of ketones is 1. The second kappa shape index (κ2) is 7.28. The zero-order chi connectivity index (χ0) is 8.91. The summed E-state index contributed by atoms with van der Waals surface area (Å²) in [5.41, 5.74) is -0.0417. The van der Waals surface area contributed by atoms with Crippen molar-refractivity contribution in [3.63, 3.8) is 0 Å². The fourth-order valence-corrected chi connectivity index (χ4v) is 0.954. The van der Waals surface area contributed by atoms with Crippen molar-refractivity contribution in [3.8, 4) is 0 Å². The molecular formula is C8H11O3Rb. The number of carbonyl (C=O) groups is 1. The molecule has 3 nitrogen and oxygen atoms in total. The Balaban J connectivity index is 0. The van der Waals surface area contributed by atoms with Gasteiger partial charge in [0, 0.05) is 0 Å². The summed E-state index contributed by atoms with van der Waals surface area (Å²) in [7, 11) is 0.